The molecule has 2 rings (SSSR count). The number of nitro groups is 2. The fraction of sp³-hybridized carbons (Fsp3) is 0.0667. The van der Waals surface area contributed by atoms with E-state index in [-0.39, 0.29) is 16.9 Å². The molecule has 1 N–H and O–H groups in total. The summed E-state index contributed by atoms with van der Waals surface area (Å²) < 4.78 is 0. The topological polar surface area (TPSA) is 107 Å². The van der Waals surface area contributed by atoms with Crippen molar-refractivity contribution >= 4 is 17.5 Å². The minimum absolute atomic E-state index is 0.103. The number of hydrogen-bond acceptors (Lipinski definition) is 5. The molecule has 0 aliphatic rings. The zero-order valence-electron chi connectivity index (χ0n) is 11.3. The van der Waals surface area contributed by atoms with Gasteiger partial charge in [0, 0.05) is 12.1 Å². The molecule has 0 saturated heterocycles. The molecule has 0 aromatic heterocycles. The smallest absolute Gasteiger partial charge is 0.276 e. The van der Waals surface area contributed by atoms with Crippen LogP contribution < -0.4 is 0 Å². The monoisotopic (exact) mass is 300 g/mol. The van der Waals surface area contributed by atoms with Gasteiger partial charge >= 0.3 is 0 Å². The highest BCUT2D eigenvalue weighted by Gasteiger charge is 2.18. The quantitative estimate of drug-likeness (QED) is 0.673. The summed E-state index contributed by atoms with van der Waals surface area (Å²) in [5.41, 5.74) is 0.128. The molecule has 0 spiro atoms. The Morgan fingerprint density at radius 1 is 0.909 bits per heavy atom. The van der Waals surface area contributed by atoms with Crippen LogP contribution in [-0.4, -0.2) is 15.0 Å². The van der Waals surface area contributed by atoms with Crippen molar-refractivity contribution in [2.24, 2.45) is 0 Å². The number of rotatable bonds is 5. The molecule has 0 bridgehead atoms. The van der Waals surface area contributed by atoms with E-state index >= 15 is 0 Å². The van der Waals surface area contributed by atoms with E-state index in [9.17, 15) is 25.3 Å². The summed E-state index contributed by atoms with van der Waals surface area (Å²) in [7, 11) is 0. The van der Waals surface area contributed by atoms with E-state index in [1.165, 1.54) is 48.6 Å². The summed E-state index contributed by atoms with van der Waals surface area (Å²) in [5, 5.41) is 31.9. The standard InChI is InChI=1S/C15H12N2O5/c18-15(12-6-2-4-8-14(12)17(21)22)10-9-11-5-1-3-7-13(11)16(19)20/h1-10,15,18H. The molecule has 0 aliphatic carbocycles. The predicted molar refractivity (Wildman–Crippen MR) is 80.2 cm³/mol. The summed E-state index contributed by atoms with van der Waals surface area (Å²) in [6, 6.07) is 11.8. The van der Waals surface area contributed by atoms with E-state index in [4.69, 9.17) is 0 Å². The van der Waals surface area contributed by atoms with Crippen LogP contribution in [0.4, 0.5) is 11.4 Å². The molecule has 2 aromatic rings. The Bertz CT molecular complexity index is 742. The molecule has 0 fully saturated rings. The van der Waals surface area contributed by atoms with Gasteiger partial charge in [0.1, 0.15) is 6.10 Å². The third kappa shape index (κ3) is 3.33. The molecule has 1 unspecified atom stereocenters. The van der Waals surface area contributed by atoms with Crippen molar-refractivity contribution in [2.75, 3.05) is 0 Å². The summed E-state index contributed by atoms with van der Waals surface area (Å²) in [5.74, 6) is 0. The van der Waals surface area contributed by atoms with Crippen LogP contribution in [0.25, 0.3) is 6.08 Å². The van der Waals surface area contributed by atoms with E-state index in [2.05, 4.69) is 0 Å². The van der Waals surface area contributed by atoms with E-state index in [1.807, 2.05) is 0 Å². The Balaban J connectivity index is 2.32. The number of benzene rings is 2. The maximum Gasteiger partial charge on any atom is 0.276 e. The molecule has 112 valence electrons. The Morgan fingerprint density at radius 3 is 2.09 bits per heavy atom. The third-order valence-corrected chi connectivity index (χ3v) is 3.04. The normalized spacial score (nSPS) is 12.2. The Kier molecular flexibility index (Phi) is 4.60. The lowest BCUT2D eigenvalue weighted by molar-refractivity contribution is -0.386. The zero-order valence-corrected chi connectivity index (χ0v) is 11.3. The molecule has 2 aromatic carbocycles. The fourth-order valence-electron chi connectivity index (χ4n) is 2.00. The molecule has 0 aliphatic heterocycles. The molecular formula is C15H12N2O5. The second-order valence-corrected chi connectivity index (χ2v) is 4.44. The lowest BCUT2D eigenvalue weighted by Gasteiger charge is -2.06. The van der Waals surface area contributed by atoms with Crippen LogP contribution in [0.1, 0.15) is 17.2 Å². The van der Waals surface area contributed by atoms with Crippen molar-refractivity contribution in [3.05, 3.63) is 86.0 Å². The first kappa shape index (κ1) is 15.3. The van der Waals surface area contributed by atoms with Crippen molar-refractivity contribution in [2.45, 2.75) is 6.10 Å². The van der Waals surface area contributed by atoms with Gasteiger partial charge < -0.3 is 5.11 Å². The predicted octanol–water partition coefficient (Wildman–Crippen LogP) is 3.25. The largest absolute Gasteiger partial charge is 0.384 e. The minimum atomic E-state index is -1.23. The zero-order chi connectivity index (χ0) is 16.1. The highest BCUT2D eigenvalue weighted by molar-refractivity contribution is 5.61. The van der Waals surface area contributed by atoms with E-state index in [1.54, 1.807) is 12.1 Å². The van der Waals surface area contributed by atoms with Gasteiger partial charge in [-0.25, -0.2) is 0 Å². The molecular weight excluding hydrogens is 288 g/mol. The molecule has 0 amide bonds. The van der Waals surface area contributed by atoms with E-state index in [0.29, 0.717) is 5.56 Å². The van der Waals surface area contributed by atoms with Gasteiger partial charge in [0.15, 0.2) is 0 Å². The fourth-order valence-corrected chi connectivity index (χ4v) is 2.00. The van der Waals surface area contributed by atoms with Crippen LogP contribution in [0, 0.1) is 20.2 Å². The van der Waals surface area contributed by atoms with Gasteiger partial charge in [-0.3, -0.25) is 20.2 Å². The van der Waals surface area contributed by atoms with Crippen molar-refractivity contribution in [3.63, 3.8) is 0 Å². The van der Waals surface area contributed by atoms with Crippen LogP contribution in [0.3, 0.4) is 0 Å². The molecule has 1 atom stereocenters. The number of aliphatic hydroxyl groups excluding tert-OH is 1. The number of nitrogens with zero attached hydrogens (tertiary/aromatic N) is 2. The van der Waals surface area contributed by atoms with Crippen LogP contribution in [-0.2, 0) is 0 Å². The minimum Gasteiger partial charge on any atom is -0.384 e. The van der Waals surface area contributed by atoms with Gasteiger partial charge in [-0.05, 0) is 18.2 Å². The van der Waals surface area contributed by atoms with Crippen molar-refractivity contribution in [1.82, 2.24) is 0 Å². The van der Waals surface area contributed by atoms with Gasteiger partial charge in [0.25, 0.3) is 11.4 Å². The van der Waals surface area contributed by atoms with Crippen molar-refractivity contribution in [1.29, 1.82) is 0 Å². The van der Waals surface area contributed by atoms with E-state index < -0.39 is 16.0 Å². The molecule has 0 heterocycles. The lowest BCUT2D eigenvalue weighted by Crippen LogP contribution is -1.99. The first-order valence-corrected chi connectivity index (χ1v) is 6.33. The number of hydrogen-bond donors (Lipinski definition) is 1. The Hall–Kier alpha value is -3.06. The van der Waals surface area contributed by atoms with Gasteiger partial charge in [0.05, 0.1) is 21.0 Å². The van der Waals surface area contributed by atoms with Crippen LogP contribution in [0.5, 0.6) is 0 Å². The summed E-state index contributed by atoms with van der Waals surface area (Å²) in [6.07, 6.45) is 1.42. The van der Waals surface area contributed by atoms with Gasteiger partial charge in [-0.15, -0.1) is 0 Å². The SMILES string of the molecule is O=[N+]([O-])c1ccccc1C=CC(O)c1ccccc1[N+](=O)[O-]. The van der Waals surface area contributed by atoms with Crippen LogP contribution >= 0.6 is 0 Å². The maximum absolute atomic E-state index is 10.9. The van der Waals surface area contributed by atoms with Gasteiger partial charge in [0.2, 0.25) is 0 Å². The first-order chi connectivity index (χ1) is 10.5. The summed E-state index contributed by atoms with van der Waals surface area (Å²) >= 11 is 0. The molecule has 7 heteroatoms. The molecule has 22 heavy (non-hydrogen) atoms. The Labute approximate surface area is 125 Å². The average molecular weight is 300 g/mol. The number of aliphatic hydroxyl groups is 1. The molecule has 7 nitrogen and oxygen atoms in total. The first-order valence-electron chi connectivity index (χ1n) is 6.33. The van der Waals surface area contributed by atoms with Gasteiger partial charge in [-0.2, -0.15) is 0 Å². The number of para-hydroxylation sites is 2. The second kappa shape index (κ2) is 6.59. The molecule has 0 radical (unpaired) electrons. The maximum atomic E-state index is 10.9. The van der Waals surface area contributed by atoms with Crippen LogP contribution in [0.2, 0.25) is 0 Å². The second-order valence-electron chi connectivity index (χ2n) is 4.44. The van der Waals surface area contributed by atoms with Crippen molar-refractivity contribution < 1.29 is 15.0 Å². The summed E-state index contributed by atoms with van der Waals surface area (Å²) in [6.45, 7) is 0. The highest BCUT2D eigenvalue weighted by atomic mass is 16.6. The van der Waals surface area contributed by atoms with Gasteiger partial charge in [-0.1, -0.05) is 30.3 Å². The average Bonchev–Trinajstić information content (AvgIpc) is 2.52. The lowest BCUT2D eigenvalue weighted by atomic mass is 10.1. The Morgan fingerprint density at radius 2 is 1.45 bits per heavy atom. The molecule has 0 saturated carbocycles. The highest BCUT2D eigenvalue weighted by Crippen LogP contribution is 2.27. The van der Waals surface area contributed by atoms with Crippen LogP contribution in [0.15, 0.2) is 54.6 Å². The third-order valence-electron chi connectivity index (χ3n) is 3.04. The van der Waals surface area contributed by atoms with Crippen molar-refractivity contribution in [3.8, 4) is 0 Å². The number of nitro benzene ring substituents is 2. The van der Waals surface area contributed by atoms with E-state index in [0.717, 1.165) is 0 Å². The summed E-state index contributed by atoms with van der Waals surface area (Å²) in [4.78, 5) is 20.7.